The van der Waals surface area contributed by atoms with E-state index in [1.54, 1.807) is 24.3 Å². The molecule has 1 amide bonds. The first kappa shape index (κ1) is 19.9. The molecular formula is C16H21BrN2O5S. The zero-order chi connectivity index (χ0) is 18.6. The van der Waals surface area contributed by atoms with Gasteiger partial charge >= 0.3 is 5.97 Å². The van der Waals surface area contributed by atoms with Crippen LogP contribution >= 0.6 is 15.9 Å². The highest BCUT2D eigenvalue weighted by molar-refractivity contribution is 9.10. The molecule has 0 spiro atoms. The number of piperidine rings is 1. The lowest BCUT2D eigenvalue weighted by molar-refractivity contribution is -0.146. The molecule has 138 valence electrons. The molecule has 1 N–H and O–H groups in total. The van der Waals surface area contributed by atoms with Crippen LogP contribution in [0.1, 0.15) is 24.4 Å². The van der Waals surface area contributed by atoms with Crippen molar-refractivity contribution in [3.8, 4) is 0 Å². The fourth-order valence-corrected chi connectivity index (χ4v) is 3.94. The van der Waals surface area contributed by atoms with Gasteiger partial charge in [-0.25, -0.2) is 17.5 Å². The van der Waals surface area contributed by atoms with E-state index < -0.39 is 28.0 Å². The number of carbonyl (C=O) groups excluding carboxylic acids is 2. The van der Waals surface area contributed by atoms with Gasteiger partial charge in [0.15, 0.2) is 6.04 Å². The van der Waals surface area contributed by atoms with E-state index in [9.17, 15) is 18.0 Å². The van der Waals surface area contributed by atoms with E-state index in [1.165, 1.54) is 11.4 Å². The van der Waals surface area contributed by atoms with Gasteiger partial charge in [0.2, 0.25) is 15.9 Å². The van der Waals surface area contributed by atoms with Gasteiger partial charge in [0.05, 0.1) is 19.3 Å². The normalized spacial score (nSPS) is 19.9. The number of amides is 1. The molecule has 1 aromatic rings. The van der Waals surface area contributed by atoms with Crippen LogP contribution in [0.5, 0.6) is 0 Å². The Morgan fingerprint density at radius 2 is 1.96 bits per heavy atom. The molecule has 1 saturated heterocycles. The summed E-state index contributed by atoms with van der Waals surface area (Å²) in [6.45, 7) is 0.536. The third kappa shape index (κ3) is 5.26. The number of ether oxygens (including phenoxy) is 1. The van der Waals surface area contributed by atoms with Crippen molar-refractivity contribution in [2.45, 2.75) is 18.9 Å². The number of esters is 1. The van der Waals surface area contributed by atoms with Crippen LogP contribution in [0, 0.1) is 5.92 Å². The van der Waals surface area contributed by atoms with E-state index in [-0.39, 0.29) is 12.5 Å². The van der Waals surface area contributed by atoms with Crippen LogP contribution in [0.15, 0.2) is 28.7 Å². The molecule has 0 unspecified atom stereocenters. The first-order valence-corrected chi connectivity index (χ1v) is 10.5. The quantitative estimate of drug-likeness (QED) is 0.710. The lowest BCUT2D eigenvalue weighted by Gasteiger charge is -2.31. The van der Waals surface area contributed by atoms with Gasteiger partial charge in [0, 0.05) is 17.6 Å². The number of benzene rings is 1. The number of carbonyl (C=O) groups is 2. The van der Waals surface area contributed by atoms with Crippen molar-refractivity contribution in [3.63, 3.8) is 0 Å². The molecule has 1 aromatic carbocycles. The van der Waals surface area contributed by atoms with E-state index in [2.05, 4.69) is 21.2 Å². The van der Waals surface area contributed by atoms with Crippen LogP contribution in [-0.4, -0.2) is 51.1 Å². The number of nitrogens with one attached hydrogen (secondary N) is 1. The van der Waals surface area contributed by atoms with Crippen molar-refractivity contribution in [1.82, 2.24) is 9.62 Å². The Morgan fingerprint density at radius 3 is 2.52 bits per heavy atom. The van der Waals surface area contributed by atoms with Crippen molar-refractivity contribution in [2.24, 2.45) is 5.92 Å². The van der Waals surface area contributed by atoms with Crippen molar-refractivity contribution >= 4 is 37.8 Å². The molecule has 0 aliphatic carbocycles. The SMILES string of the molecule is COC(=O)[C@@H](NC(=O)[C@@H]1CCCN(S(C)(=O)=O)C1)c1ccc(Br)cc1. The van der Waals surface area contributed by atoms with Gasteiger partial charge in [-0.1, -0.05) is 28.1 Å². The third-order valence-electron chi connectivity index (χ3n) is 4.15. The average molecular weight is 433 g/mol. The van der Waals surface area contributed by atoms with Crippen LogP contribution < -0.4 is 5.32 Å². The van der Waals surface area contributed by atoms with E-state index in [4.69, 9.17) is 4.74 Å². The summed E-state index contributed by atoms with van der Waals surface area (Å²) < 4.78 is 30.3. The number of halogens is 1. The van der Waals surface area contributed by atoms with Crippen LogP contribution in [0.4, 0.5) is 0 Å². The van der Waals surface area contributed by atoms with Crippen molar-refractivity contribution in [1.29, 1.82) is 0 Å². The predicted molar refractivity (Wildman–Crippen MR) is 96.2 cm³/mol. The van der Waals surface area contributed by atoms with Gasteiger partial charge in [0.25, 0.3) is 0 Å². The second-order valence-corrected chi connectivity index (χ2v) is 8.87. The number of rotatable bonds is 5. The summed E-state index contributed by atoms with van der Waals surface area (Å²) in [4.78, 5) is 24.7. The highest BCUT2D eigenvalue weighted by Gasteiger charge is 2.33. The van der Waals surface area contributed by atoms with E-state index >= 15 is 0 Å². The van der Waals surface area contributed by atoms with Crippen LogP contribution in [0.3, 0.4) is 0 Å². The Labute approximate surface area is 155 Å². The molecule has 1 aliphatic heterocycles. The number of hydrogen-bond acceptors (Lipinski definition) is 5. The molecule has 2 rings (SSSR count). The first-order valence-electron chi connectivity index (χ1n) is 7.81. The van der Waals surface area contributed by atoms with Gasteiger partial charge in [0.1, 0.15) is 0 Å². The second kappa shape index (κ2) is 8.29. The largest absolute Gasteiger partial charge is 0.467 e. The van der Waals surface area contributed by atoms with Crippen LogP contribution in [0.2, 0.25) is 0 Å². The highest BCUT2D eigenvalue weighted by Crippen LogP contribution is 2.22. The second-order valence-electron chi connectivity index (χ2n) is 5.98. The predicted octanol–water partition coefficient (Wildman–Crippen LogP) is 1.45. The Bertz CT molecular complexity index is 735. The fourth-order valence-electron chi connectivity index (χ4n) is 2.77. The molecule has 9 heteroatoms. The maximum atomic E-state index is 12.6. The molecule has 1 heterocycles. The summed E-state index contributed by atoms with van der Waals surface area (Å²) in [6.07, 6.45) is 2.31. The summed E-state index contributed by atoms with van der Waals surface area (Å²) in [6, 6.07) is 6.04. The molecule has 0 aromatic heterocycles. The molecular weight excluding hydrogens is 412 g/mol. The standard InChI is InChI=1S/C16H21BrN2O5S/c1-24-16(21)14(11-5-7-13(17)8-6-11)18-15(20)12-4-3-9-19(10-12)25(2,22)23/h5-8,12,14H,3-4,9-10H2,1-2H3,(H,18,20)/t12-,14+/m1/s1. The molecule has 0 bridgehead atoms. The van der Waals surface area contributed by atoms with Gasteiger partial charge in [-0.3, -0.25) is 4.79 Å². The Balaban J connectivity index is 2.14. The number of hydrogen-bond donors (Lipinski definition) is 1. The molecule has 0 radical (unpaired) electrons. The van der Waals surface area contributed by atoms with Crippen molar-refractivity contribution in [2.75, 3.05) is 26.5 Å². The van der Waals surface area contributed by atoms with E-state index in [0.717, 1.165) is 10.7 Å². The Morgan fingerprint density at radius 1 is 1.32 bits per heavy atom. The lowest BCUT2D eigenvalue weighted by atomic mass is 9.97. The van der Waals surface area contributed by atoms with Crippen LogP contribution in [0.25, 0.3) is 0 Å². The molecule has 1 aliphatic rings. The fraction of sp³-hybridized carbons (Fsp3) is 0.500. The third-order valence-corrected chi connectivity index (χ3v) is 5.95. The lowest BCUT2D eigenvalue weighted by Crippen LogP contribution is -2.46. The zero-order valence-electron chi connectivity index (χ0n) is 14.1. The van der Waals surface area contributed by atoms with Gasteiger partial charge in [-0.15, -0.1) is 0 Å². The number of nitrogens with zero attached hydrogens (tertiary/aromatic N) is 1. The van der Waals surface area contributed by atoms with Gasteiger partial charge in [-0.2, -0.15) is 0 Å². The smallest absolute Gasteiger partial charge is 0.333 e. The molecule has 25 heavy (non-hydrogen) atoms. The highest BCUT2D eigenvalue weighted by atomic mass is 79.9. The maximum Gasteiger partial charge on any atom is 0.333 e. The Hall–Kier alpha value is -1.45. The first-order chi connectivity index (χ1) is 11.7. The Kier molecular flexibility index (Phi) is 6.59. The van der Waals surface area contributed by atoms with Crippen molar-refractivity contribution in [3.05, 3.63) is 34.3 Å². The van der Waals surface area contributed by atoms with Crippen LogP contribution in [-0.2, 0) is 24.3 Å². The maximum absolute atomic E-state index is 12.6. The summed E-state index contributed by atoms with van der Waals surface area (Å²) in [5.41, 5.74) is 0.596. The average Bonchev–Trinajstić information content (AvgIpc) is 2.59. The summed E-state index contributed by atoms with van der Waals surface area (Å²) in [5.74, 6) is -1.43. The van der Waals surface area contributed by atoms with Gasteiger partial charge in [-0.05, 0) is 30.5 Å². The van der Waals surface area contributed by atoms with E-state index in [0.29, 0.717) is 24.9 Å². The minimum atomic E-state index is -3.34. The summed E-state index contributed by atoms with van der Waals surface area (Å²) in [5, 5.41) is 2.69. The summed E-state index contributed by atoms with van der Waals surface area (Å²) in [7, 11) is -2.09. The number of sulfonamides is 1. The van der Waals surface area contributed by atoms with Crippen molar-refractivity contribution < 1.29 is 22.7 Å². The molecule has 7 nitrogen and oxygen atoms in total. The molecule has 1 fully saturated rings. The number of methoxy groups -OCH3 is 1. The minimum absolute atomic E-state index is 0.124. The topological polar surface area (TPSA) is 92.8 Å². The summed E-state index contributed by atoms with van der Waals surface area (Å²) >= 11 is 3.32. The monoisotopic (exact) mass is 432 g/mol. The zero-order valence-corrected chi connectivity index (χ0v) is 16.5. The molecule has 2 atom stereocenters. The van der Waals surface area contributed by atoms with Gasteiger partial charge < -0.3 is 10.1 Å². The van der Waals surface area contributed by atoms with E-state index in [1.807, 2.05) is 0 Å². The minimum Gasteiger partial charge on any atom is -0.467 e. The molecule has 0 saturated carbocycles.